The number of benzene rings is 1. The molecule has 102 valence electrons. The van der Waals surface area contributed by atoms with E-state index >= 15 is 0 Å². The lowest BCUT2D eigenvalue weighted by Gasteiger charge is -2.15. The summed E-state index contributed by atoms with van der Waals surface area (Å²) in [6.45, 7) is 4.58. The maximum Gasteiger partial charge on any atom is 0.139 e. The van der Waals surface area contributed by atoms with Gasteiger partial charge in [0.25, 0.3) is 0 Å². The molecule has 1 heterocycles. The molecule has 0 spiro atoms. The average Bonchev–Trinajstić information content (AvgIpc) is 2.85. The number of aliphatic hydroxyl groups is 1. The summed E-state index contributed by atoms with van der Waals surface area (Å²) >= 11 is 3.44. The van der Waals surface area contributed by atoms with Gasteiger partial charge < -0.3 is 14.4 Å². The highest BCUT2D eigenvalue weighted by atomic mass is 79.9. The van der Waals surface area contributed by atoms with Gasteiger partial charge in [0.15, 0.2) is 0 Å². The van der Waals surface area contributed by atoms with E-state index in [1.807, 2.05) is 18.2 Å². The first-order chi connectivity index (χ1) is 9.13. The summed E-state index contributed by atoms with van der Waals surface area (Å²) in [6, 6.07) is 5.97. The Hall–Kier alpha value is -1.33. The zero-order valence-corrected chi connectivity index (χ0v) is 12.6. The number of aliphatic hydroxyl groups excluding tert-OH is 1. The Kier molecular flexibility index (Phi) is 4.61. The molecule has 0 bridgehead atoms. The van der Waals surface area contributed by atoms with Crippen molar-refractivity contribution in [1.82, 2.24) is 9.55 Å². The van der Waals surface area contributed by atoms with E-state index in [4.69, 9.17) is 4.74 Å². The lowest BCUT2D eigenvalue weighted by molar-refractivity contribution is 0.253. The number of ether oxygens (including phenoxy) is 1. The molecule has 0 amide bonds. The van der Waals surface area contributed by atoms with Crippen molar-refractivity contribution in [3.8, 4) is 5.75 Å². The third-order valence-electron chi connectivity index (χ3n) is 2.89. The first kappa shape index (κ1) is 14.1. The van der Waals surface area contributed by atoms with Gasteiger partial charge in [-0.1, -0.05) is 12.1 Å². The highest BCUT2D eigenvalue weighted by molar-refractivity contribution is 9.10. The van der Waals surface area contributed by atoms with Gasteiger partial charge in [-0.05, 0) is 35.8 Å². The number of para-hydroxylation sites is 1. The van der Waals surface area contributed by atoms with Crippen LogP contribution < -0.4 is 4.74 Å². The van der Waals surface area contributed by atoms with E-state index in [0.717, 1.165) is 15.7 Å². The van der Waals surface area contributed by atoms with Crippen LogP contribution >= 0.6 is 15.9 Å². The molecule has 19 heavy (non-hydrogen) atoms. The second-order valence-electron chi connectivity index (χ2n) is 4.56. The number of halogens is 1. The van der Waals surface area contributed by atoms with Gasteiger partial charge in [0.1, 0.15) is 12.4 Å². The summed E-state index contributed by atoms with van der Waals surface area (Å²) in [4.78, 5) is 4.14. The Morgan fingerprint density at radius 1 is 1.42 bits per heavy atom. The second-order valence-corrected chi connectivity index (χ2v) is 5.42. The normalized spacial score (nSPS) is 11.0. The Morgan fingerprint density at radius 3 is 2.89 bits per heavy atom. The zero-order valence-electron chi connectivity index (χ0n) is 11.0. The Labute approximate surface area is 121 Å². The SMILES string of the molecule is CC(C)n1cncc1COc1c(Br)cccc1CO. The molecule has 4 nitrogen and oxygen atoms in total. The summed E-state index contributed by atoms with van der Waals surface area (Å²) < 4.78 is 8.73. The summed E-state index contributed by atoms with van der Waals surface area (Å²) in [5, 5.41) is 9.32. The lowest BCUT2D eigenvalue weighted by atomic mass is 10.2. The predicted octanol–water partition coefficient (Wildman–Crippen LogP) is 3.30. The van der Waals surface area contributed by atoms with Crippen molar-refractivity contribution in [3.63, 3.8) is 0 Å². The van der Waals surface area contributed by atoms with Crippen LogP contribution in [0.15, 0.2) is 35.2 Å². The molecule has 2 rings (SSSR count). The smallest absolute Gasteiger partial charge is 0.139 e. The highest BCUT2D eigenvalue weighted by Crippen LogP contribution is 2.30. The van der Waals surface area contributed by atoms with Gasteiger partial charge >= 0.3 is 0 Å². The topological polar surface area (TPSA) is 47.3 Å². The van der Waals surface area contributed by atoms with Gasteiger partial charge in [0, 0.05) is 11.6 Å². The molecule has 0 unspecified atom stereocenters. The molecule has 0 aliphatic heterocycles. The molecule has 0 aliphatic rings. The summed E-state index contributed by atoms with van der Waals surface area (Å²) in [5.41, 5.74) is 1.78. The molecule has 0 atom stereocenters. The predicted molar refractivity (Wildman–Crippen MR) is 77.0 cm³/mol. The molecule has 0 saturated carbocycles. The number of nitrogens with zero attached hydrogens (tertiary/aromatic N) is 2. The van der Waals surface area contributed by atoms with E-state index in [2.05, 4.69) is 39.3 Å². The minimum Gasteiger partial charge on any atom is -0.486 e. The maximum atomic E-state index is 9.32. The molecule has 1 aromatic carbocycles. The molecule has 1 N–H and O–H groups in total. The van der Waals surface area contributed by atoms with Crippen molar-refractivity contribution in [3.05, 3.63) is 46.5 Å². The third-order valence-corrected chi connectivity index (χ3v) is 3.51. The first-order valence-electron chi connectivity index (χ1n) is 6.15. The van der Waals surface area contributed by atoms with Crippen LogP contribution in [0.1, 0.15) is 31.1 Å². The van der Waals surface area contributed by atoms with Gasteiger partial charge in [0.05, 0.1) is 29.3 Å². The fourth-order valence-electron chi connectivity index (χ4n) is 1.89. The van der Waals surface area contributed by atoms with Crippen LogP contribution in [0.25, 0.3) is 0 Å². The van der Waals surface area contributed by atoms with E-state index in [1.165, 1.54) is 0 Å². The van der Waals surface area contributed by atoms with Crippen molar-refractivity contribution in [2.24, 2.45) is 0 Å². The maximum absolute atomic E-state index is 9.32. The molecule has 5 heteroatoms. The molecule has 0 radical (unpaired) electrons. The molecule has 0 aliphatic carbocycles. The van der Waals surface area contributed by atoms with Gasteiger partial charge in [-0.2, -0.15) is 0 Å². The zero-order chi connectivity index (χ0) is 13.8. The van der Waals surface area contributed by atoms with Crippen molar-refractivity contribution >= 4 is 15.9 Å². The van der Waals surface area contributed by atoms with Crippen LogP contribution in [-0.4, -0.2) is 14.7 Å². The van der Waals surface area contributed by atoms with Gasteiger partial charge in [-0.25, -0.2) is 4.98 Å². The number of aromatic nitrogens is 2. The van der Waals surface area contributed by atoms with Crippen LogP contribution in [-0.2, 0) is 13.2 Å². The average molecular weight is 325 g/mol. The van der Waals surface area contributed by atoms with E-state index in [9.17, 15) is 5.11 Å². The summed E-state index contributed by atoms with van der Waals surface area (Å²) in [6.07, 6.45) is 3.60. The Morgan fingerprint density at radius 2 is 2.21 bits per heavy atom. The van der Waals surface area contributed by atoms with Gasteiger partial charge in [-0.15, -0.1) is 0 Å². The number of imidazole rings is 1. The number of hydrogen-bond donors (Lipinski definition) is 1. The van der Waals surface area contributed by atoms with E-state index in [1.54, 1.807) is 12.5 Å². The van der Waals surface area contributed by atoms with E-state index < -0.39 is 0 Å². The second kappa shape index (κ2) is 6.21. The van der Waals surface area contributed by atoms with Crippen molar-refractivity contribution in [2.45, 2.75) is 33.1 Å². The fraction of sp³-hybridized carbons (Fsp3) is 0.357. The van der Waals surface area contributed by atoms with E-state index in [-0.39, 0.29) is 6.61 Å². The molecule has 0 fully saturated rings. The van der Waals surface area contributed by atoms with Crippen LogP contribution in [0.5, 0.6) is 5.75 Å². The van der Waals surface area contributed by atoms with Crippen LogP contribution in [0.3, 0.4) is 0 Å². The molecule has 1 aromatic heterocycles. The highest BCUT2D eigenvalue weighted by Gasteiger charge is 2.10. The quantitative estimate of drug-likeness (QED) is 0.917. The fourth-order valence-corrected chi connectivity index (χ4v) is 2.42. The molecular formula is C14H17BrN2O2. The van der Waals surface area contributed by atoms with E-state index in [0.29, 0.717) is 18.4 Å². The van der Waals surface area contributed by atoms with Crippen molar-refractivity contribution in [1.29, 1.82) is 0 Å². The third kappa shape index (κ3) is 3.16. The Bertz CT molecular complexity index is 552. The van der Waals surface area contributed by atoms with Crippen molar-refractivity contribution < 1.29 is 9.84 Å². The molecular weight excluding hydrogens is 308 g/mol. The standard InChI is InChI=1S/C14H17BrN2O2/c1-10(2)17-9-16-6-12(17)8-19-14-11(7-18)4-3-5-13(14)15/h3-6,9-10,18H,7-8H2,1-2H3. The minimum atomic E-state index is -0.0434. The number of rotatable bonds is 5. The van der Waals surface area contributed by atoms with Gasteiger partial charge in [-0.3, -0.25) is 0 Å². The van der Waals surface area contributed by atoms with Crippen LogP contribution in [0.2, 0.25) is 0 Å². The minimum absolute atomic E-state index is 0.0434. The van der Waals surface area contributed by atoms with Crippen molar-refractivity contribution in [2.75, 3.05) is 0 Å². The molecule has 2 aromatic rings. The number of hydrogen-bond acceptors (Lipinski definition) is 3. The summed E-state index contributed by atoms with van der Waals surface area (Å²) in [5.74, 6) is 0.682. The lowest BCUT2D eigenvalue weighted by Crippen LogP contribution is -2.08. The summed E-state index contributed by atoms with van der Waals surface area (Å²) in [7, 11) is 0. The van der Waals surface area contributed by atoms with Crippen LogP contribution in [0, 0.1) is 0 Å². The van der Waals surface area contributed by atoms with Crippen LogP contribution in [0.4, 0.5) is 0 Å². The van der Waals surface area contributed by atoms with Gasteiger partial charge in [0.2, 0.25) is 0 Å². The Balaban J connectivity index is 2.17. The first-order valence-corrected chi connectivity index (χ1v) is 6.94. The molecule has 0 saturated heterocycles. The largest absolute Gasteiger partial charge is 0.486 e. The monoisotopic (exact) mass is 324 g/mol.